The highest BCUT2D eigenvalue weighted by molar-refractivity contribution is 6.32. The minimum atomic E-state index is 0.0239. The molecule has 1 unspecified atom stereocenters. The average molecular weight is 306 g/mol. The number of nitrogens with zero attached hydrogens (tertiary/aromatic N) is 2. The highest BCUT2D eigenvalue weighted by Gasteiger charge is 2.26. The van der Waals surface area contributed by atoms with Gasteiger partial charge in [-0.25, -0.2) is 0 Å². The third kappa shape index (κ3) is 3.76. The summed E-state index contributed by atoms with van der Waals surface area (Å²) in [5.41, 5.74) is 6.65. The van der Waals surface area contributed by atoms with E-state index in [-0.39, 0.29) is 18.5 Å². The molecule has 21 heavy (non-hydrogen) atoms. The first-order valence-corrected chi connectivity index (χ1v) is 7.38. The van der Waals surface area contributed by atoms with Crippen LogP contribution in [0.5, 0.6) is 0 Å². The smallest absolute Gasteiger partial charge is 0.254 e. The van der Waals surface area contributed by atoms with Gasteiger partial charge in [-0.05, 0) is 32.2 Å². The number of halogens is 1. The second-order valence-electron chi connectivity index (χ2n) is 5.31. The van der Waals surface area contributed by atoms with Gasteiger partial charge in [-0.3, -0.25) is 4.79 Å². The Morgan fingerprint density at radius 1 is 1.48 bits per heavy atom. The Kier molecular flexibility index (Phi) is 5.24. The van der Waals surface area contributed by atoms with Crippen LogP contribution in [0.4, 0.5) is 0 Å². The van der Waals surface area contributed by atoms with Crippen molar-refractivity contribution in [2.45, 2.75) is 13.0 Å². The standard InChI is InChI=1S/C16H20ClN3O/c1-12-11-19(2)8-9-20(12)16(21)14-6-5-13(4-3-7-18)15(17)10-14/h5-6,10,12H,7-9,11,18H2,1-2H3. The van der Waals surface area contributed by atoms with Crippen LogP contribution in [0.1, 0.15) is 22.8 Å². The van der Waals surface area contributed by atoms with E-state index in [1.54, 1.807) is 18.2 Å². The van der Waals surface area contributed by atoms with E-state index in [0.717, 1.165) is 19.6 Å². The number of amides is 1. The normalized spacial score (nSPS) is 19.0. The maximum atomic E-state index is 12.6. The van der Waals surface area contributed by atoms with Crippen LogP contribution in [-0.4, -0.2) is 55.0 Å². The lowest BCUT2D eigenvalue weighted by Gasteiger charge is -2.38. The van der Waals surface area contributed by atoms with E-state index >= 15 is 0 Å². The van der Waals surface area contributed by atoms with Crippen molar-refractivity contribution < 1.29 is 4.79 Å². The van der Waals surface area contributed by atoms with Crippen LogP contribution >= 0.6 is 11.6 Å². The summed E-state index contributed by atoms with van der Waals surface area (Å²) in [6.45, 7) is 4.87. The molecule has 2 N–H and O–H groups in total. The largest absolute Gasteiger partial charge is 0.333 e. The first-order valence-electron chi connectivity index (χ1n) is 7.01. The lowest BCUT2D eigenvalue weighted by atomic mass is 10.1. The Morgan fingerprint density at radius 2 is 2.24 bits per heavy atom. The maximum absolute atomic E-state index is 12.6. The predicted molar refractivity (Wildman–Crippen MR) is 85.4 cm³/mol. The molecule has 0 spiro atoms. The van der Waals surface area contributed by atoms with Gasteiger partial charge in [0.05, 0.1) is 11.6 Å². The Balaban J connectivity index is 2.18. The zero-order chi connectivity index (χ0) is 15.4. The number of carbonyl (C=O) groups is 1. The first kappa shape index (κ1) is 15.8. The number of nitrogens with two attached hydrogens (primary N) is 1. The molecule has 112 valence electrons. The molecule has 4 nitrogen and oxygen atoms in total. The van der Waals surface area contributed by atoms with E-state index in [4.69, 9.17) is 17.3 Å². The van der Waals surface area contributed by atoms with Crippen LogP contribution < -0.4 is 5.73 Å². The Labute approximate surface area is 130 Å². The number of hydrogen-bond acceptors (Lipinski definition) is 3. The lowest BCUT2D eigenvalue weighted by molar-refractivity contribution is 0.0533. The molecule has 0 aromatic heterocycles. The van der Waals surface area contributed by atoms with Crippen molar-refractivity contribution >= 4 is 17.5 Å². The number of hydrogen-bond donors (Lipinski definition) is 1. The van der Waals surface area contributed by atoms with Crippen LogP contribution in [0.3, 0.4) is 0 Å². The third-order valence-electron chi connectivity index (χ3n) is 3.63. The van der Waals surface area contributed by atoms with Gasteiger partial charge in [0.2, 0.25) is 0 Å². The van der Waals surface area contributed by atoms with Crippen LogP contribution in [-0.2, 0) is 0 Å². The molecule has 2 rings (SSSR count). The fourth-order valence-electron chi connectivity index (χ4n) is 2.50. The van der Waals surface area contributed by atoms with Gasteiger partial charge < -0.3 is 15.5 Å². The first-order chi connectivity index (χ1) is 10.0. The van der Waals surface area contributed by atoms with Gasteiger partial charge >= 0.3 is 0 Å². The highest BCUT2D eigenvalue weighted by atomic mass is 35.5. The zero-order valence-corrected chi connectivity index (χ0v) is 13.2. The quantitative estimate of drug-likeness (QED) is 0.799. The summed E-state index contributed by atoms with van der Waals surface area (Å²) in [5.74, 6) is 5.68. The van der Waals surface area contributed by atoms with E-state index in [2.05, 4.69) is 30.7 Å². The summed E-state index contributed by atoms with van der Waals surface area (Å²) in [5, 5.41) is 0.489. The van der Waals surface area contributed by atoms with Crippen molar-refractivity contribution in [1.82, 2.24) is 9.80 Å². The number of piperazine rings is 1. The molecule has 1 amide bonds. The molecule has 1 aliphatic heterocycles. The molecule has 1 atom stereocenters. The summed E-state index contributed by atoms with van der Waals surface area (Å²) in [6, 6.07) is 5.44. The van der Waals surface area contributed by atoms with Crippen molar-refractivity contribution in [3.8, 4) is 11.8 Å². The van der Waals surface area contributed by atoms with Crippen molar-refractivity contribution in [2.75, 3.05) is 33.2 Å². The number of likely N-dealkylation sites (N-methyl/N-ethyl adjacent to an activating group) is 1. The summed E-state index contributed by atoms with van der Waals surface area (Å²) in [6.07, 6.45) is 0. The second-order valence-corrected chi connectivity index (χ2v) is 5.72. The van der Waals surface area contributed by atoms with E-state index < -0.39 is 0 Å². The molecule has 0 aliphatic carbocycles. The molecule has 1 fully saturated rings. The van der Waals surface area contributed by atoms with Crippen molar-refractivity contribution in [1.29, 1.82) is 0 Å². The van der Waals surface area contributed by atoms with Gasteiger partial charge in [0.15, 0.2) is 0 Å². The molecule has 1 aromatic rings. The van der Waals surface area contributed by atoms with E-state index in [9.17, 15) is 4.79 Å². The molecule has 0 saturated carbocycles. The summed E-state index contributed by atoms with van der Waals surface area (Å²) < 4.78 is 0. The monoisotopic (exact) mass is 305 g/mol. The molecule has 5 heteroatoms. The van der Waals surface area contributed by atoms with Crippen LogP contribution in [0.15, 0.2) is 18.2 Å². The van der Waals surface area contributed by atoms with Gasteiger partial charge in [0.1, 0.15) is 0 Å². The molecular weight excluding hydrogens is 286 g/mol. The molecule has 0 radical (unpaired) electrons. The number of rotatable bonds is 1. The highest BCUT2D eigenvalue weighted by Crippen LogP contribution is 2.20. The van der Waals surface area contributed by atoms with Gasteiger partial charge in [-0.15, -0.1) is 0 Å². The lowest BCUT2D eigenvalue weighted by Crippen LogP contribution is -2.52. The molecule has 0 bridgehead atoms. The van der Waals surface area contributed by atoms with E-state index in [1.807, 2.05) is 4.90 Å². The SMILES string of the molecule is CC1CN(C)CCN1C(=O)c1ccc(C#CCN)c(Cl)c1. The van der Waals surface area contributed by atoms with Crippen LogP contribution in [0, 0.1) is 11.8 Å². The minimum Gasteiger partial charge on any atom is -0.333 e. The van der Waals surface area contributed by atoms with Crippen molar-refractivity contribution in [3.05, 3.63) is 34.3 Å². The molecule has 1 aromatic carbocycles. The van der Waals surface area contributed by atoms with Crippen molar-refractivity contribution in [2.24, 2.45) is 5.73 Å². The van der Waals surface area contributed by atoms with Crippen molar-refractivity contribution in [3.63, 3.8) is 0 Å². The van der Waals surface area contributed by atoms with Crippen LogP contribution in [0.25, 0.3) is 0 Å². The maximum Gasteiger partial charge on any atom is 0.254 e. The second kappa shape index (κ2) is 6.95. The third-order valence-corrected chi connectivity index (χ3v) is 3.95. The Bertz CT molecular complexity index is 591. The average Bonchev–Trinajstić information content (AvgIpc) is 2.45. The number of carbonyl (C=O) groups excluding carboxylic acids is 1. The van der Waals surface area contributed by atoms with E-state index in [0.29, 0.717) is 16.1 Å². The molecule has 1 saturated heterocycles. The summed E-state index contributed by atoms with van der Waals surface area (Å²) >= 11 is 6.19. The van der Waals surface area contributed by atoms with Gasteiger partial charge in [-0.2, -0.15) is 0 Å². The minimum absolute atomic E-state index is 0.0239. The fraction of sp³-hybridized carbons (Fsp3) is 0.438. The molecular formula is C16H20ClN3O. The fourth-order valence-corrected chi connectivity index (χ4v) is 2.73. The topological polar surface area (TPSA) is 49.6 Å². The summed E-state index contributed by atoms with van der Waals surface area (Å²) in [4.78, 5) is 16.7. The van der Waals surface area contributed by atoms with Gasteiger partial charge in [0, 0.05) is 36.8 Å². The van der Waals surface area contributed by atoms with Gasteiger partial charge in [-0.1, -0.05) is 23.4 Å². The molecule has 1 aliphatic rings. The summed E-state index contributed by atoms with van der Waals surface area (Å²) in [7, 11) is 2.07. The van der Waals surface area contributed by atoms with Gasteiger partial charge in [0.25, 0.3) is 5.91 Å². The molecule has 1 heterocycles. The Morgan fingerprint density at radius 3 is 2.86 bits per heavy atom. The zero-order valence-electron chi connectivity index (χ0n) is 12.4. The van der Waals surface area contributed by atoms with Crippen LogP contribution in [0.2, 0.25) is 5.02 Å². The number of benzene rings is 1. The Hall–Kier alpha value is -1.54. The van der Waals surface area contributed by atoms with E-state index in [1.165, 1.54) is 0 Å². The predicted octanol–water partition coefficient (Wildman–Crippen LogP) is 1.43.